The molecule has 8 nitrogen and oxygen atoms in total. The minimum absolute atomic E-state index is 0.0598. The first-order chi connectivity index (χ1) is 15.0. The molecule has 3 aromatic rings. The Bertz CT molecular complexity index is 1060. The highest BCUT2D eigenvalue weighted by Gasteiger charge is 2.34. The Kier molecular flexibility index (Phi) is 5.79. The molecule has 0 saturated carbocycles. The van der Waals surface area contributed by atoms with Crippen molar-refractivity contribution in [2.75, 3.05) is 39.8 Å². The molecule has 1 aromatic heterocycles. The van der Waals surface area contributed by atoms with E-state index in [4.69, 9.17) is 14.0 Å². The maximum atomic E-state index is 12.6. The van der Waals surface area contributed by atoms with Crippen LogP contribution in [0.25, 0.3) is 11.5 Å². The predicted octanol–water partition coefficient (Wildman–Crippen LogP) is 3.34. The molecule has 1 fully saturated rings. The summed E-state index contributed by atoms with van der Waals surface area (Å²) in [7, 11) is 7.20. The minimum atomic E-state index is -0.102. The molecule has 1 atom stereocenters. The summed E-state index contributed by atoms with van der Waals surface area (Å²) < 4.78 is 16.2. The Balaban J connectivity index is 1.46. The summed E-state index contributed by atoms with van der Waals surface area (Å²) in [5.41, 5.74) is 2.87. The highest BCUT2D eigenvalue weighted by atomic mass is 16.5. The van der Waals surface area contributed by atoms with Crippen LogP contribution >= 0.6 is 0 Å². The number of nitrogens with zero attached hydrogens (tertiary/aromatic N) is 4. The molecule has 1 amide bonds. The number of ether oxygens (including phenoxy) is 2. The number of hydrogen-bond donors (Lipinski definition) is 0. The molecule has 0 N–H and O–H groups in total. The first kappa shape index (κ1) is 20.7. The van der Waals surface area contributed by atoms with Gasteiger partial charge in [0.2, 0.25) is 5.91 Å². The van der Waals surface area contributed by atoms with Gasteiger partial charge in [0.05, 0.1) is 14.2 Å². The molecule has 0 radical (unpaired) electrons. The van der Waals surface area contributed by atoms with E-state index in [-0.39, 0.29) is 11.8 Å². The van der Waals surface area contributed by atoms with Crippen LogP contribution < -0.4 is 14.4 Å². The van der Waals surface area contributed by atoms with Gasteiger partial charge in [-0.3, -0.25) is 4.79 Å². The first-order valence-corrected chi connectivity index (χ1v) is 10.1. The molecule has 1 aliphatic rings. The number of amides is 1. The van der Waals surface area contributed by atoms with E-state index in [1.807, 2.05) is 61.5 Å². The van der Waals surface area contributed by atoms with Crippen molar-refractivity contribution in [2.45, 2.75) is 18.9 Å². The number of rotatable bonds is 7. The predicted molar refractivity (Wildman–Crippen MR) is 116 cm³/mol. The van der Waals surface area contributed by atoms with Crippen molar-refractivity contribution in [2.24, 2.45) is 0 Å². The Hall–Kier alpha value is -3.55. The van der Waals surface area contributed by atoms with Crippen LogP contribution in [0.5, 0.6) is 11.5 Å². The molecule has 8 heteroatoms. The van der Waals surface area contributed by atoms with Crippen molar-refractivity contribution < 1.29 is 18.8 Å². The molecule has 4 rings (SSSR count). The van der Waals surface area contributed by atoms with E-state index in [1.165, 1.54) is 0 Å². The molecule has 1 aliphatic heterocycles. The van der Waals surface area contributed by atoms with Gasteiger partial charge in [-0.1, -0.05) is 5.16 Å². The lowest BCUT2D eigenvalue weighted by Gasteiger charge is -2.18. The summed E-state index contributed by atoms with van der Waals surface area (Å²) >= 11 is 0. The van der Waals surface area contributed by atoms with E-state index >= 15 is 0 Å². The zero-order valence-electron chi connectivity index (χ0n) is 18.2. The first-order valence-electron chi connectivity index (χ1n) is 10.1. The summed E-state index contributed by atoms with van der Waals surface area (Å²) in [6, 6.07) is 13.5. The third-order valence-corrected chi connectivity index (χ3v) is 5.51. The number of carbonyl (C=O) groups is 1. The number of aromatic nitrogens is 2. The van der Waals surface area contributed by atoms with Gasteiger partial charge < -0.3 is 23.8 Å². The fraction of sp³-hybridized carbons (Fsp3) is 0.348. The summed E-state index contributed by atoms with van der Waals surface area (Å²) in [5, 5.41) is 4.15. The molecule has 0 bridgehead atoms. The second-order valence-electron chi connectivity index (χ2n) is 7.75. The molecule has 1 unspecified atom stereocenters. The van der Waals surface area contributed by atoms with Crippen LogP contribution in [-0.2, 0) is 11.3 Å². The van der Waals surface area contributed by atoms with Gasteiger partial charge in [0, 0.05) is 62.4 Å². The van der Waals surface area contributed by atoms with E-state index < -0.39 is 0 Å². The maximum absolute atomic E-state index is 12.6. The zero-order chi connectivity index (χ0) is 22.0. The summed E-state index contributed by atoms with van der Waals surface area (Å²) in [6.45, 7) is 0.992. The highest BCUT2D eigenvalue weighted by Crippen LogP contribution is 2.32. The van der Waals surface area contributed by atoms with Crippen molar-refractivity contribution in [1.82, 2.24) is 15.0 Å². The normalized spacial score (nSPS) is 15.9. The Morgan fingerprint density at radius 3 is 2.58 bits per heavy atom. The van der Waals surface area contributed by atoms with Crippen LogP contribution in [-0.4, -0.2) is 55.8 Å². The van der Waals surface area contributed by atoms with Crippen LogP contribution in [0.2, 0.25) is 0 Å². The number of anilines is 1. The van der Waals surface area contributed by atoms with Crippen LogP contribution in [0.15, 0.2) is 47.0 Å². The highest BCUT2D eigenvalue weighted by molar-refractivity contribution is 5.79. The number of hydrogen-bond acceptors (Lipinski definition) is 7. The molecule has 0 spiro atoms. The quantitative estimate of drug-likeness (QED) is 0.578. The monoisotopic (exact) mass is 422 g/mol. The van der Waals surface area contributed by atoms with E-state index in [1.54, 1.807) is 19.1 Å². The van der Waals surface area contributed by atoms with Crippen LogP contribution in [0.1, 0.15) is 23.7 Å². The Morgan fingerprint density at radius 1 is 1.13 bits per heavy atom. The van der Waals surface area contributed by atoms with Crippen molar-refractivity contribution in [1.29, 1.82) is 0 Å². The van der Waals surface area contributed by atoms with Crippen molar-refractivity contribution >= 4 is 11.6 Å². The standard InChI is InChI=1S/C23H26N4O4/c1-26(2)18-8-5-15(6-9-18)23-24-22(25-31-23)17-11-21(28)27(14-17)13-16-7-10-19(29-3)12-20(16)30-4/h5-10,12,17H,11,13-14H2,1-4H3. The second-order valence-corrected chi connectivity index (χ2v) is 7.75. The average molecular weight is 422 g/mol. The number of carbonyl (C=O) groups excluding carboxylic acids is 1. The van der Waals surface area contributed by atoms with E-state index in [0.29, 0.717) is 42.7 Å². The summed E-state index contributed by atoms with van der Waals surface area (Å²) in [4.78, 5) is 21.0. The van der Waals surface area contributed by atoms with Gasteiger partial charge in [-0.2, -0.15) is 4.98 Å². The van der Waals surface area contributed by atoms with Gasteiger partial charge in [0.25, 0.3) is 5.89 Å². The second kappa shape index (κ2) is 8.67. The fourth-order valence-corrected chi connectivity index (χ4v) is 3.71. The molecule has 0 aliphatic carbocycles. The summed E-state index contributed by atoms with van der Waals surface area (Å²) in [6.07, 6.45) is 0.358. The molecule has 31 heavy (non-hydrogen) atoms. The van der Waals surface area contributed by atoms with E-state index in [9.17, 15) is 4.79 Å². The molecule has 2 aromatic carbocycles. The number of benzene rings is 2. The van der Waals surface area contributed by atoms with Crippen molar-refractivity contribution in [3.8, 4) is 23.0 Å². The SMILES string of the molecule is COc1ccc(CN2CC(c3noc(-c4ccc(N(C)C)cc4)n3)CC2=O)c(OC)c1. The van der Waals surface area contributed by atoms with Gasteiger partial charge in [-0.15, -0.1) is 0 Å². The number of methoxy groups -OCH3 is 2. The molecule has 162 valence electrons. The number of likely N-dealkylation sites (tertiary alicyclic amines) is 1. The lowest BCUT2D eigenvalue weighted by atomic mass is 10.1. The van der Waals surface area contributed by atoms with Crippen molar-refractivity contribution in [3.63, 3.8) is 0 Å². The minimum Gasteiger partial charge on any atom is -0.497 e. The Labute approximate surface area is 181 Å². The van der Waals surface area contributed by atoms with Crippen LogP contribution in [0.3, 0.4) is 0 Å². The van der Waals surface area contributed by atoms with Gasteiger partial charge in [-0.05, 0) is 36.4 Å². The van der Waals surface area contributed by atoms with Gasteiger partial charge in [-0.25, -0.2) is 0 Å². The maximum Gasteiger partial charge on any atom is 0.257 e. The van der Waals surface area contributed by atoms with E-state index in [2.05, 4.69) is 10.1 Å². The smallest absolute Gasteiger partial charge is 0.257 e. The lowest BCUT2D eigenvalue weighted by molar-refractivity contribution is -0.128. The Morgan fingerprint density at radius 2 is 1.90 bits per heavy atom. The topological polar surface area (TPSA) is 80.9 Å². The third kappa shape index (κ3) is 4.33. The lowest BCUT2D eigenvalue weighted by Crippen LogP contribution is -2.24. The van der Waals surface area contributed by atoms with Gasteiger partial charge in [0.1, 0.15) is 11.5 Å². The van der Waals surface area contributed by atoms with Gasteiger partial charge in [0.15, 0.2) is 5.82 Å². The molecular weight excluding hydrogens is 396 g/mol. The van der Waals surface area contributed by atoms with Crippen LogP contribution in [0.4, 0.5) is 5.69 Å². The van der Waals surface area contributed by atoms with Crippen molar-refractivity contribution in [3.05, 3.63) is 53.9 Å². The molecular formula is C23H26N4O4. The molecule has 1 saturated heterocycles. The van der Waals surface area contributed by atoms with Gasteiger partial charge >= 0.3 is 0 Å². The fourth-order valence-electron chi connectivity index (χ4n) is 3.71. The third-order valence-electron chi connectivity index (χ3n) is 5.51. The van der Waals surface area contributed by atoms with Crippen LogP contribution in [0, 0.1) is 0 Å². The molecule has 2 heterocycles. The van der Waals surface area contributed by atoms with E-state index in [0.717, 1.165) is 16.8 Å². The zero-order valence-corrected chi connectivity index (χ0v) is 18.2. The summed E-state index contributed by atoms with van der Waals surface area (Å²) in [5.74, 6) is 2.38. The average Bonchev–Trinajstić information content (AvgIpc) is 3.41. The largest absolute Gasteiger partial charge is 0.497 e.